The van der Waals surface area contributed by atoms with Crippen LogP contribution in [0.4, 0.5) is 0 Å². The van der Waals surface area contributed by atoms with Gasteiger partial charge in [0.15, 0.2) is 5.76 Å². The molecular weight excluding hydrogens is 338 g/mol. The summed E-state index contributed by atoms with van der Waals surface area (Å²) in [6.45, 7) is 2.52. The predicted octanol–water partition coefficient (Wildman–Crippen LogP) is 2.99. The van der Waals surface area contributed by atoms with Crippen molar-refractivity contribution in [3.63, 3.8) is 0 Å². The van der Waals surface area contributed by atoms with Crippen LogP contribution >= 0.6 is 15.9 Å². The standard InChI is InChI=1S/C15H14BrNO4/c1-8-6-17(7-10(8)15(19)20)14(18)12-5-9-3-2-4-11(16)13(9)21-12/h2-5,8,10H,6-7H2,1H3,(H,19,20)/t8-,10-/m1/s1. The van der Waals surface area contributed by atoms with Gasteiger partial charge >= 0.3 is 5.97 Å². The molecule has 0 bridgehead atoms. The molecule has 0 spiro atoms. The van der Waals surface area contributed by atoms with Gasteiger partial charge in [-0.15, -0.1) is 0 Å². The lowest BCUT2D eigenvalue weighted by Crippen LogP contribution is -2.29. The van der Waals surface area contributed by atoms with Crippen molar-refractivity contribution in [3.05, 3.63) is 34.5 Å². The van der Waals surface area contributed by atoms with Crippen LogP contribution in [0.3, 0.4) is 0 Å². The van der Waals surface area contributed by atoms with Crippen LogP contribution in [0, 0.1) is 11.8 Å². The van der Waals surface area contributed by atoms with Gasteiger partial charge < -0.3 is 14.4 Å². The van der Waals surface area contributed by atoms with E-state index in [0.717, 1.165) is 9.86 Å². The lowest BCUT2D eigenvalue weighted by atomic mass is 9.99. The molecule has 0 unspecified atom stereocenters. The summed E-state index contributed by atoms with van der Waals surface area (Å²) in [5, 5.41) is 9.98. The third kappa shape index (κ3) is 2.44. The van der Waals surface area contributed by atoms with Gasteiger partial charge in [0.2, 0.25) is 0 Å². The molecule has 1 N–H and O–H groups in total. The van der Waals surface area contributed by atoms with Crippen LogP contribution in [0.2, 0.25) is 0 Å². The number of rotatable bonds is 2. The Balaban J connectivity index is 1.88. The highest BCUT2D eigenvalue weighted by molar-refractivity contribution is 9.10. The maximum absolute atomic E-state index is 12.5. The second kappa shape index (κ2) is 5.18. The topological polar surface area (TPSA) is 70.8 Å². The summed E-state index contributed by atoms with van der Waals surface area (Å²) < 4.78 is 6.41. The maximum atomic E-state index is 12.5. The number of carbonyl (C=O) groups excluding carboxylic acids is 1. The van der Waals surface area contributed by atoms with Crippen molar-refractivity contribution >= 4 is 38.8 Å². The molecule has 1 aliphatic heterocycles. The quantitative estimate of drug-likeness (QED) is 0.902. The molecule has 21 heavy (non-hydrogen) atoms. The van der Waals surface area contributed by atoms with E-state index < -0.39 is 11.9 Å². The van der Waals surface area contributed by atoms with Crippen molar-refractivity contribution in [1.29, 1.82) is 0 Å². The summed E-state index contributed by atoms with van der Waals surface area (Å²) in [4.78, 5) is 25.2. The second-order valence-corrected chi connectivity index (χ2v) is 6.26. The molecule has 0 aliphatic carbocycles. The molecule has 1 aromatic heterocycles. The summed E-state index contributed by atoms with van der Waals surface area (Å²) in [6, 6.07) is 7.28. The zero-order valence-electron chi connectivity index (χ0n) is 11.4. The smallest absolute Gasteiger partial charge is 0.308 e. The monoisotopic (exact) mass is 351 g/mol. The van der Waals surface area contributed by atoms with Crippen LogP contribution < -0.4 is 0 Å². The molecule has 1 aromatic carbocycles. The van der Waals surface area contributed by atoms with Gasteiger partial charge in [-0.05, 0) is 34.0 Å². The molecule has 110 valence electrons. The molecule has 1 fully saturated rings. The maximum Gasteiger partial charge on any atom is 0.308 e. The Labute approximate surface area is 129 Å². The van der Waals surface area contributed by atoms with Gasteiger partial charge in [-0.1, -0.05) is 19.1 Å². The summed E-state index contributed by atoms with van der Waals surface area (Å²) in [5.74, 6) is -1.43. The number of hydrogen-bond acceptors (Lipinski definition) is 3. The van der Waals surface area contributed by atoms with Gasteiger partial charge in [-0.25, -0.2) is 0 Å². The van der Waals surface area contributed by atoms with Gasteiger partial charge in [-0.3, -0.25) is 9.59 Å². The molecule has 0 saturated carbocycles. The number of amides is 1. The third-order valence-electron chi connectivity index (χ3n) is 3.92. The Morgan fingerprint density at radius 2 is 2.14 bits per heavy atom. The number of para-hydroxylation sites is 1. The Kier molecular flexibility index (Phi) is 3.49. The Morgan fingerprint density at radius 1 is 1.38 bits per heavy atom. The van der Waals surface area contributed by atoms with Crippen molar-refractivity contribution in [3.8, 4) is 0 Å². The molecular formula is C15H14BrNO4. The average Bonchev–Trinajstić information content (AvgIpc) is 3.02. The number of benzene rings is 1. The number of carbonyl (C=O) groups is 2. The number of hydrogen-bond donors (Lipinski definition) is 1. The molecule has 2 atom stereocenters. The fraction of sp³-hybridized carbons (Fsp3) is 0.333. The largest absolute Gasteiger partial charge is 0.481 e. The Hall–Kier alpha value is -1.82. The number of likely N-dealkylation sites (tertiary alicyclic amines) is 1. The van der Waals surface area contributed by atoms with Gasteiger partial charge in [0.05, 0.1) is 10.4 Å². The van der Waals surface area contributed by atoms with Crippen LogP contribution in [0.5, 0.6) is 0 Å². The number of halogens is 1. The highest BCUT2D eigenvalue weighted by Gasteiger charge is 2.38. The molecule has 0 radical (unpaired) electrons. The van der Waals surface area contributed by atoms with E-state index in [1.165, 1.54) is 0 Å². The molecule has 5 nitrogen and oxygen atoms in total. The number of carboxylic acid groups (broad SMARTS) is 1. The summed E-state index contributed by atoms with van der Waals surface area (Å²) in [6.07, 6.45) is 0. The van der Waals surface area contributed by atoms with Gasteiger partial charge in [0, 0.05) is 18.5 Å². The lowest BCUT2D eigenvalue weighted by molar-refractivity contribution is -0.142. The highest BCUT2D eigenvalue weighted by atomic mass is 79.9. The number of nitrogens with zero attached hydrogens (tertiary/aromatic N) is 1. The average molecular weight is 352 g/mol. The summed E-state index contributed by atoms with van der Waals surface area (Å²) in [5.41, 5.74) is 0.628. The van der Waals surface area contributed by atoms with Crippen molar-refractivity contribution in [2.75, 3.05) is 13.1 Å². The lowest BCUT2D eigenvalue weighted by Gasteiger charge is -2.13. The predicted molar refractivity (Wildman–Crippen MR) is 80.1 cm³/mol. The van der Waals surface area contributed by atoms with Crippen molar-refractivity contribution < 1.29 is 19.1 Å². The first-order valence-electron chi connectivity index (χ1n) is 6.67. The van der Waals surface area contributed by atoms with Crippen LogP contribution in [0.1, 0.15) is 17.5 Å². The van der Waals surface area contributed by atoms with E-state index in [1.54, 1.807) is 11.0 Å². The van der Waals surface area contributed by atoms with Crippen LogP contribution in [-0.4, -0.2) is 35.0 Å². The fourth-order valence-electron chi connectivity index (χ4n) is 2.74. The van der Waals surface area contributed by atoms with E-state index in [0.29, 0.717) is 12.1 Å². The molecule has 2 aromatic rings. The first-order valence-corrected chi connectivity index (χ1v) is 7.47. The van der Waals surface area contributed by atoms with Crippen molar-refractivity contribution in [2.45, 2.75) is 6.92 Å². The van der Waals surface area contributed by atoms with Gasteiger partial charge in [0.25, 0.3) is 5.91 Å². The first-order chi connectivity index (χ1) is 9.97. The van der Waals surface area contributed by atoms with E-state index in [1.807, 2.05) is 25.1 Å². The normalized spacial score (nSPS) is 21.9. The van der Waals surface area contributed by atoms with Crippen molar-refractivity contribution in [1.82, 2.24) is 4.90 Å². The molecule has 6 heteroatoms. The van der Waals surface area contributed by atoms with Gasteiger partial charge in [0.1, 0.15) is 5.58 Å². The van der Waals surface area contributed by atoms with E-state index in [-0.39, 0.29) is 24.1 Å². The Bertz CT molecular complexity index is 724. The zero-order chi connectivity index (χ0) is 15.1. The minimum Gasteiger partial charge on any atom is -0.481 e. The number of fused-ring (bicyclic) bond motifs is 1. The summed E-state index contributed by atoms with van der Waals surface area (Å²) >= 11 is 3.38. The SMILES string of the molecule is C[C@@H]1CN(C(=O)c2cc3cccc(Br)c3o2)C[C@H]1C(=O)O. The van der Waals surface area contributed by atoms with Crippen LogP contribution in [0.25, 0.3) is 11.0 Å². The second-order valence-electron chi connectivity index (χ2n) is 5.40. The first kappa shape index (κ1) is 14.1. The zero-order valence-corrected chi connectivity index (χ0v) is 13.0. The third-order valence-corrected chi connectivity index (χ3v) is 4.55. The van der Waals surface area contributed by atoms with Crippen LogP contribution in [0.15, 0.2) is 33.2 Å². The van der Waals surface area contributed by atoms with E-state index >= 15 is 0 Å². The molecule has 3 rings (SSSR count). The summed E-state index contributed by atoms with van der Waals surface area (Å²) in [7, 11) is 0. The number of aliphatic carboxylic acids is 1. The molecule has 2 heterocycles. The number of carboxylic acids is 1. The van der Waals surface area contributed by atoms with E-state index in [4.69, 9.17) is 9.52 Å². The number of furan rings is 1. The molecule has 1 saturated heterocycles. The minimum absolute atomic E-state index is 0.0532. The van der Waals surface area contributed by atoms with Crippen LogP contribution in [-0.2, 0) is 4.79 Å². The molecule has 1 aliphatic rings. The highest BCUT2D eigenvalue weighted by Crippen LogP contribution is 2.29. The van der Waals surface area contributed by atoms with Gasteiger partial charge in [-0.2, -0.15) is 0 Å². The Morgan fingerprint density at radius 3 is 2.76 bits per heavy atom. The van der Waals surface area contributed by atoms with E-state index in [9.17, 15) is 9.59 Å². The fourth-order valence-corrected chi connectivity index (χ4v) is 3.21. The minimum atomic E-state index is -0.856. The molecule has 1 amide bonds. The van der Waals surface area contributed by atoms with E-state index in [2.05, 4.69) is 15.9 Å². The van der Waals surface area contributed by atoms with Crippen molar-refractivity contribution in [2.24, 2.45) is 11.8 Å².